The Kier molecular flexibility index (Phi) is 5.32. The molecule has 2 aliphatic rings. The Bertz CT molecular complexity index is 1100. The van der Waals surface area contributed by atoms with E-state index in [1.807, 2.05) is 29.2 Å². The second-order valence-corrected chi connectivity index (χ2v) is 9.61. The number of amides is 2. The van der Waals surface area contributed by atoms with Gasteiger partial charge in [0, 0.05) is 22.9 Å². The van der Waals surface area contributed by atoms with E-state index < -0.39 is 5.41 Å². The van der Waals surface area contributed by atoms with Crippen molar-refractivity contribution in [1.29, 1.82) is 0 Å². The third-order valence-corrected chi connectivity index (χ3v) is 7.50. The van der Waals surface area contributed by atoms with Crippen LogP contribution in [-0.2, 0) is 23.2 Å². The Morgan fingerprint density at radius 2 is 1.94 bits per heavy atom. The van der Waals surface area contributed by atoms with Crippen molar-refractivity contribution in [1.82, 2.24) is 9.88 Å². The number of hydrogen-bond acceptors (Lipinski definition) is 5. The lowest BCUT2D eigenvalue weighted by Gasteiger charge is -2.36. The van der Waals surface area contributed by atoms with Crippen LogP contribution in [0, 0.1) is 0 Å². The van der Waals surface area contributed by atoms with E-state index in [9.17, 15) is 9.59 Å². The van der Waals surface area contributed by atoms with Gasteiger partial charge in [0.15, 0.2) is 10.9 Å². The molecular weight excluding hydrogens is 434 g/mol. The van der Waals surface area contributed by atoms with Gasteiger partial charge in [-0.15, -0.1) is 0 Å². The van der Waals surface area contributed by atoms with E-state index in [1.54, 1.807) is 12.1 Å². The number of carbonyl (C=O) groups excluding carboxylic acids is 2. The highest BCUT2D eigenvalue weighted by molar-refractivity contribution is 7.15. The fourth-order valence-electron chi connectivity index (χ4n) is 4.66. The van der Waals surface area contributed by atoms with Crippen LogP contribution < -0.4 is 5.32 Å². The van der Waals surface area contributed by atoms with E-state index >= 15 is 0 Å². The summed E-state index contributed by atoms with van der Waals surface area (Å²) in [5.74, 6) is 0.111. The smallest absolute Gasteiger partial charge is 0.293 e. The molecule has 1 aliphatic heterocycles. The highest BCUT2D eigenvalue weighted by Gasteiger charge is 2.45. The third-order valence-electron chi connectivity index (χ3n) is 6.25. The fraction of sp³-hybridized carbons (Fsp3) is 0.348. The molecule has 1 aromatic carbocycles. The monoisotopic (exact) mass is 455 g/mol. The zero-order valence-electron chi connectivity index (χ0n) is 16.9. The van der Waals surface area contributed by atoms with Gasteiger partial charge in [-0.2, -0.15) is 0 Å². The number of carbonyl (C=O) groups is 2. The summed E-state index contributed by atoms with van der Waals surface area (Å²) >= 11 is 7.51. The van der Waals surface area contributed by atoms with Gasteiger partial charge < -0.3 is 9.32 Å². The zero-order chi connectivity index (χ0) is 21.4. The predicted octanol–water partition coefficient (Wildman–Crippen LogP) is 5.04. The van der Waals surface area contributed by atoms with Crippen LogP contribution in [0.2, 0.25) is 5.02 Å². The molecule has 0 atom stereocenters. The minimum absolute atomic E-state index is 0.188. The lowest BCUT2D eigenvalue weighted by molar-refractivity contribution is -0.138. The normalized spacial score (nSPS) is 17.4. The number of fused-ring (bicyclic) bond motifs is 1. The molecule has 31 heavy (non-hydrogen) atoms. The molecule has 0 radical (unpaired) electrons. The number of benzene rings is 1. The van der Waals surface area contributed by atoms with Gasteiger partial charge in [-0.25, -0.2) is 4.98 Å². The van der Waals surface area contributed by atoms with E-state index in [0.717, 1.165) is 41.8 Å². The van der Waals surface area contributed by atoms with Crippen molar-refractivity contribution in [3.8, 4) is 0 Å². The fourth-order valence-corrected chi connectivity index (χ4v) is 5.81. The average molecular weight is 456 g/mol. The summed E-state index contributed by atoms with van der Waals surface area (Å²) in [4.78, 5) is 33.6. The molecule has 2 amide bonds. The van der Waals surface area contributed by atoms with Gasteiger partial charge in [-0.1, -0.05) is 47.9 Å². The van der Waals surface area contributed by atoms with Crippen LogP contribution in [0.25, 0.3) is 0 Å². The number of furan rings is 1. The second kappa shape index (κ2) is 8.13. The number of halogens is 1. The summed E-state index contributed by atoms with van der Waals surface area (Å²) in [6, 6.07) is 11.0. The molecule has 3 aromatic rings. The Labute approximate surface area is 189 Å². The molecule has 2 aromatic heterocycles. The van der Waals surface area contributed by atoms with Crippen LogP contribution in [0.15, 0.2) is 47.1 Å². The molecule has 160 valence electrons. The van der Waals surface area contributed by atoms with Gasteiger partial charge in [0.05, 0.1) is 23.9 Å². The Morgan fingerprint density at radius 1 is 1.16 bits per heavy atom. The van der Waals surface area contributed by atoms with Gasteiger partial charge in [0.2, 0.25) is 5.91 Å². The molecule has 1 fully saturated rings. The van der Waals surface area contributed by atoms with Crippen molar-refractivity contribution in [3.05, 3.63) is 69.6 Å². The van der Waals surface area contributed by atoms with Gasteiger partial charge in [-0.3, -0.25) is 14.9 Å². The van der Waals surface area contributed by atoms with Crippen molar-refractivity contribution in [2.24, 2.45) is 0 Å². The molecule has 0 unspecified atom stereocenters. The Hall–Kier alpha value is -2.64. The van der Waals surface area contributed by atoms with Crippen LogP contribution in [0.5, 0.6) is 0 Å². The quantitative estimate of drug-likeness (QED) is 0.598. The molecule has 1 N–H and O–H groups in total. The molecule has 3 heterocycles. The second-order valence-electron chi connectivity index (χ2n) is 8.09. The summed E-state index contributed by atoms with van der Waals surface area (Å²) in [7, 11) is 0. The van der Waals surface area contributed by atoms with Crippen molar-refractivity contribution in [2.45, 2.75) is 44.1 Å². The first-order valence-electron chi connectivity index (χ1n) is 10.4. The first-order chi connectivity index (χ1) is 15.0. The van der Waals surface area contributed by atoms with Crippen molar-refractivity contribution in [3.63, 3.8) is 0 Å². The topological polar surface area (TPSA) is 75.4 Å². The molecule has 6 nitrogen and oxygen atoms in total. The highest BCUT2D eigenvalue weighted by Crippen LogP contribution is 2.44. The van der Waals surface area contributed by atoms with E-state index in [4.69, 9.17) is 16.0 Å². The summed E-state index contributed by atoms with van der Waals surface area (Å²) in [5.41, 5.74) is 1.54. The minimum atomic E-state index is -0.469. The van der Waals surface area contributed by atoms with Gasteiger partial charge in [0.25, 0.3) is 5.91 Å². The maximum Gasteiger partial charge on any atom is 0.293 e. The lowest BCUT2D eigenvalue weighted by atomic mass is 9.77. The molecule has 0 bridgehead atoms. The standard InChI is InChI=1S/C23H22ClN3O3S/c24-16-7-5-15(6-8-16)23(10-1-2-11-23)21(29)27-12-9-17-19(14-27)31-22(25-17)26-20(28)18-4-3-13-30-18/h3-8,13H,1-2,9-12,14H2,(H,25,26,28). The summed E-state index contributed by atoms with van der Waals surface area (Å²) in [6.45, 7) is 1.16. The van der Waals surface area contributed by atoms with Crippen molar-refractivity contribution >= 4 is 39.9 Å². The number of rotatable bonds is 4. The largest absolute Gasteiger partial charge is 0.459 e. The Balaban J connectivity index is 1.35. The van der Waals surface area contributed by atoms with Crippen LogP contribution in [0.1, 0.15) is 52.4 Å². The van der Waals surface area contributed by atoms with Crippen molar-refractivity contribution in [2.75, 3.05) is 11.9 Å². The van der Waals surface area contributed by atoms with Crippen LogP contribution in [0.3, 0.4) is 0 Å². The van der Waals surface area contributed by atoms with E-state index in [2.05, 4.69) is 10.3 Å². The van der Waals surface area contributed by atoms with E-state index in [1.165, 1.54) is 17.6 Å². The van der Waals surface area contributed by atoms with Crippen LogP contribution >= 0.6 is 22.9 Å². The summed E-state index contributed by atoms with van der Waals surface area (Å²) < 4.78 is 5.14. The number of aromatic nitrogens is 1. The van der Waals surface area contributed by atoms with E-state index in [-0.39, 0.29) is 17.6 Å². The molecular formula is C23H22ClN3O3S. The predicted molar refractivity (Wildman–Crippen MR) is 119 cm³/mol. The minimum Gasteiger partial charge on any atom is -0.459 e. The van der Waals surface area contributed by atoms with Gasteiger partial charge >= 0.3 is 0 Å². The SMILES string of the molecule is O=C(Nc1nc2c(s1)CN(C(=O)C1(c3ccc(Cl)cc3)CCCC1)CC2)c1ccco1. The highest BCUT2D eigenvalue weighted by atomic mass is 35.5. The Morgan fingerprint density at radius 3 is 2.65 bits per heavy atom. The number of anilines is 1. The van der Waals surface area contributed by atoms with Gasteiger partial charge in [0.1, 0.15) is 0 Å². The van der Waals surface area contributed by atoms with E-state index in [0.29, 0.717) is 29.7 Å². The molecule has 8 heteroatoms. The summed E-state index contributed by atoms with van der Waals surface area (Å²) in [5, 5.41) is 4.02. The average Bonchev–Trinajstić information content (AvgIpc) is 3.53. The lowest BCUT2D eigenvalue weighted by Crippen LogP contribution is -2.47. The first-order valence-corrected chi connectivity index (χ1v) is 11.6. The van der Waals surface area contributed by atoms with Crippen LogP contribution in [-0.4, -0.2) is 28.2 Å². The molecule has 0 saturated heterocycles. The molecule has 5 rings (SSSR count). The first kappa shape index (κ1) is 20.3. The maximum absolute atomic E-state index is 13.8. The summed E-state index contributed by atoms with van der Waals surface area (Å²) in [6.07, 6.45) is 5.98. The zero-order valence-corrected chi connectivity index (χ0v) is 18.5. The number of nitrogens with one attached hydrogen (secondary N) is 1. The molecule has 1 saturated carbocycles. The van der Waals surface area contributed by atoms with Gasteiger partial charge in [-0.05, 0) is 42.7 Å². The number of hydrogen-bond donors (Lipinski definition) is 1. The number of nitrogens with zero attached hydrogens (tertiary/aromatic N) is 2. The molecule has 1 aliphatic carbocycles. The number of thiazole rings is 1. The van der Waals surface area contributed by atoms with Crippen molar-refractivity contribution < 1.29 is 14.0 Å². The third kappa shape index (κ3) is 3.77. The molecule has 0 spiro atoms. The van der Waals surface area contributed by atoms with Crippen LogP contribution in [0.4, 0.5) is 5.13 Å². The maximum atomic E-state index is 13.8.